The number of amides is 1. The maximum absolute atomic E-state index is 12.0. The van der Waals surface area contributed by atoms with E-state index in [1.807, 2.05) is 26.0 Å². The minimum Gasteiger partial charge on any atom is -0.384 e. The minimum absolute atomic E-state index is 0.0746. The highest BCUT2D eigenvalue weighted by molar-refractivity contribution is 5.94. The zero-order chi connectivity index (χ0) is 15.0. The molecule has 1 rings (SSSR count). The van der Waals surface area contributed by atoms with Crippen LogP contribution in [0.25, 0.3) is 0 Å². The van der Waals surface area contributed by atoms with Gasteiger partial charge in [-0.25, -0.2) is 0 Å². The number of hydrogen-bond acceptors (Lipinski definition) is 3. The molecule has 0 aromatic heterocycles. The Kier molecular flexibility index (Phi) is 6.78. The average Bonchev–Trinajstić information content (AvgIpc) is 2.43. The highest BCUT2D eigenvalue weighted by Gasteiger charge is 2.09. The van der Waals surface area contributed by atoms with Crippen molar-refractivity contribution in [3.63, 3.8) is 0 Å². The van der Waals surface area contributed by atoms with E-state index in [4.69, 9.17) is 10.5 Å². The van der Waals surface area contributed by atoms with Crippen molar-refractivity contribution >= 4 is 5.91 Å². The number of nitrogens with two attached hydrogens (primary N) is 1. The Hall–Kier alpha value is -1.83. The van der Waals surface area contributed by atoms with E-state index >= 15 is 0 Å². The summed E-state index contributed by atoms with van der Waals surface area (Å²) in [7, 11) is 1.66. The molecule has 1 aromatic carbocycles. The molecule has 0 fully saturated rings. The SMILES string of the molecule is COCC(C)CNC(=O)c1ccc(C#CCN)c(C)c1. The summed E-state index contributed by atoms with van der Waals surface area (Å²) in [5.74, 6) is 6.01. The summed E-state index contributed by atoms with van der Waals surface area (Å²) in [6.45, 7) is 5.53. The summed E-state index contributed by atoms with van der Waals surface area (Å²) in [5.41, 5.74) is 7.87. The van der Waals surface area contributed by atoms with Gasteiger partial charge in [0.05, 0.1) is 13.2 Å². The molecule has 1 unspecified atom stereocenters. The van der Waals surface area contributed by atoms with Crippen molar-refractivity contribution in [2.75, 3.05) is 26.8 Å². The number of hydrogen-bond donors (Lipinski definition) is 2. The number of aryl methyl sites for hydroxylation is 1. The fourth-order valence-electron chi connectivity index (χ4n) is 1.80. The Morgan fingerprint density at radius 3 is 2.85 bits per heavy atom. The molecular weight excluding hydrogens is 252 g/mol. The van der Waals surface area contributed by atoms with E-state index in [0.717, 1.165) is 11.1 Å². The number of methoxy groups -OCH3 is 1. The molecule has 0 aliphatic heterocycles. The summed E-state index contributed by atoms with van der Waals surface area (Å²) in [6, 6.07) is 5.48. The third-order valence-electron chi connectivity index (χ3n) is 2.88. The van der Waals surface area contributed by atoms with Crippen molar-refractivity contribution in [3.05, 3.63) is 34.9 Å². The molecule has 0 radical (unpaired) electrons. The van der Waals surface area contributed by atoms with Crippen LogP contribution in [-0.2, 0) is 4.74 Å². The number of rotatable bonds is 5. The Balaban J connectivity index is 2.68. The Morgan fingerprint density at radius 2 is 2.25 bits per heavy atom. The summed E-state index contributed by atoms with van der Waals surface area (Å²) >= 11 is 0. The Bertz CT molecular complexity index is 515. The summed E-state index contributed by atoms with van der Waals surface area (Å²) in [5, 5.41) is 2.90. The summed E-state index contributed by atoms with van der Waals surface area (Å²) in [4.78, 5) is 12.0. The van der Waals surface area contributed by atoms with Crippen LogP contribution in [0.3, 0.4) is 0 Å². The topological polar surface area (TPSA) is 64.3 Å². The fourth-order valence-corrected chi connectivity index (χ4v) is 1.80. The predicted octanol–water partition coefficient (Wildman–Crippen LogP) is 1.32. The van der Waals surface area contributed by atoms with Crippen molar-refractivity contribution in [1.82, 2.24) is 5.32 Å². The van der Waals surface area contributed by atoms with E-state index in [1.54, 1.807) is 13.2 Å². The second kappa shape index (κ2) is 8.36. The van der Waals surface area contributed by atoms with Gasteiger partial charge in [-0.1, -0.05) is 18.8 Å². The maximum atomic E-state index is 12.0. The highest BCUT2D eigenvalue weighted by Crippen LogP contribution is 2.10. The van der Waals surface area contributed by atoms with Gasteiger partial charge in [0.1, 0.15) is 0 Å². The monoisotopic (exact) mass is 274 g/mol. The van der Waals surface area contributed by atoms with E-state index in [9.17, 15) is 4.79 Å². The summed E-state index contributed by atoms with van der Waals surface area (Å²) in [6.07, 6.45) is 0. The lowest BCUT2D eigenvalue weighted by molar-refractivity contribution is 0.0934. The van der Waals surface area contributed by atoms with Gasteiger partial charge in [0.15, 0.2) is 0 Å². The lowest BCUT2D eigenvalue weighted by atomic mass is 10.0. The quantitative estimate of drug-likeness (QED) is 0.796. The van der Waals surface area contributed by atoms with Gasteiger partial charge in [0.2, 0.25) is 0 Å². The average molecular weight is 274 g/mol. The van der Waals surface area contributed by atoms with Crippen LogP contribution in [-0.4, -0.2) is 32.7 Å². The van der Waals surface area contributed by atoms with Crippen LogP contribution in [0.4, 0.5) is 0 Å². The van der Waals surface area contributed by atoms with Gasteiger partial charge in [0, 0.05) is 24.8 Å². The molecule has 0 aliphatic carbocycles. The maximum Gasteiger partial charge on any atom is 0.251 e. The molecular formula is C16H22N2O2. The van der Waals surface area contributed by atoms with Crippen LogP contribution in [0.5, 0.6) is 0 Å². The first-order chi connectivity index (χ1) is 9.58. The van der Waals surface area contributed by atoms with Crippen LogP contribution in [0, 0.1) is 24.7 Å². The van der Waals surface area contributed by atoms with E-state index < -0.39 is 0 Å². The standard InChI is InChI=1S/C16H22N2O2/c1-12(11-20-3)10-18-16(19)15-7-6-14(5-4-8-17)13(2)9-15/h6-7,9,12H,8,10-11,17H2,1-3H3,(H,18,19). The van der Waals surface area contributed by atoms with Gasteiger partial charge < -0.3 is 15.8 Å². The molecule has 0 bridgehead atoms. The van der Waals surface area contributed by atoms with Crippen LogP contribution >= 0.6 is 0 Å². The van der Waals surface area contributed by atoms with Crippen molar-refractivity contribution < 1.29 is 9.53 Å². The molecule has 1 amide bonds. The minimum atomic E-state index is -0.0746. The fraction of sp³-hybridized carbons (Fsp3) is 0.438. The molecule has 0 saturated heterocycles. The van der Waals surface area contributed by atoms with Gasteiger partial charge >= 0.3 is 0 Å². The normalized spacial score (nSPS) is 11.4. The van der Waals surface area contributed by atoms with Gasteiger partial charge in [-0.2, -0.15) is 0 Å². The predicted molar refractivity (Wildman–Crippen MR) is 80.5 cm³/mol. The van der Waals surface area contributed by atoms with E-state index in [0.29, 0.717) is 31.2 Å². The number of nitrogens with one attached hydrogen (secondary N) is 1. The smallest absolute Gasteiger partial charge is 0.251 e. The summed E-state index contributed by atoms with van der Waals surface area (Å²) < 4.78 is 5.04. The second-order valence-corrected chi connectivity index (χ2v) is 4.81. The number of carbonyl (C=O) groups is 1. The first kappa shape index (κ1) is 16.2. The number of ether oxygens (including phenoxy) is 1. The van der Waals surface area contributed by atoms with Gasteiger partial charge in [0.25, 0.3) is 5.91 Å². The second-order valence-electron chi connectivity index (χ2n) is 4.81. The molecule has 0 spiro atoms. The first-order valence-electron chi connectivity index (χ1n) is 6.65. The number of carbonyl (C=O) groups excluding carboxylic acids is 1. The molecule has 0 saturated carbocycles. The lowest BCUT2D eigenvalue weighted by Crippen LogP contribution is -2.29. The van der Waals surface area contributed by atoms with Crippen molar-refractivity contribution in [3.8, 4) is 11.8 Å². The zero-order valence-electron chi connectivity index (χ0n) is 12.3. The van der Waals surface area contributed by atoms with Crippen LogP contribution in [0.15, 0.2) is 18.2 Å². The Morgan fingerprint density at radius 1 is 1.50 bits per heavy atom. The first-order valence-corrected chi connectivity index (χ1v) is 6.65. The largest absolute Gasteiger partial charge is 0.384 e. The van der Waals surface area contributed by atoms with E-state index in [2.05, 4.69) is 17.2 Å². The third-order valence-corrected chi connectivity index (χ3v) is 2.88. The molecule has 108 valence electrons. The molecule has 3 N–H and O–H groups in total. The van der Waals surface area contributed by atoms with Crippen LogP contribution in [0.1, 0.15) is 28.4 Å². The molecule has 4 heteroatoms. The zero-order valence-corrected chi connectivity index (χ0v) is 12.3. The van der Waals surface area contributed by atoms with Crippen LogP contribution in [0.2, 0.25) is 0 Å². The van der Waals surface area contributed by atoms with Crippen LogP contribution < -0.4 is 11.1 Å². The van der Waals surface area contributed by atoms with Gasteiger partial charge in [-0.3, -0.25) is 4.79 Å². The third kappa shape index (κ3) is 5.04. The molecule has 4 nitrogen and oxygen atoms in total. The highest BCUT2D eigenvalue weighted by atomic mass is 16.5. The Labute approximate surface area is 120 Å². The van der Waals surface area contributed by atoms with Crippen molar-refractivity contribution in [2.24, 2.45) is 11.7 Å². The van der Waals surface area contributed by atoms with Crippen molar-refractivity contribution in [1.29, 1.82) is 0 Å². The molecule has 0 heterocycles. The lowest BCUT2D eigenvalue weighted by Gasteiger charge is -2.12. The molecule has 20 heavy (non-hydrogen) atoms. The molecule has 1 atom stereocenters. The van der Waals surface area contributed by atoms with Gasteiger partial charge in [-0.15, -0.1) is 0 Å². The molecule has 1 aromatic rings. The van der Waals surface area contributed by atoms with Crippen molar-refractivity contribution in [2.45, 2.75) is 13.8 Å². The van der Waals surface area contributed by atoms with E-state index in [1.165, 1.54) is 0 Å². The van der Waals surface area contributed by atoms with E-state index in [-0.39, 0.29) is 5.91 Å². The number of benzene rings is 1. The van der Waals surface area contributed by atoms with Gasteiger partial charge in [-0.05, 0) is 36.6 Å². The molecule has 0 aliphatic rings.